The van der Waals surface area contributed by atoms with Crippen LogP contribution in [0.3, 0.4) is 0 Å². The fraction of sp³-hybridized carbons (Fsp3) is 0.0909. The fourth-order valence-corrected chi connectivity index (χ4v) is 8.96. The van der Waals surface area contributed by atoms with Crippen molar-refractivity contribution < 1.29 is 19.1 Å². The van der Waals surface area contributed by atoms with Crippen molar-refractivity contribution in [3.8, 4) is 67.5 Å². The van der Waals surface area contributed by atoms with Crippen molar-refractivity contribution in [1.29, 1.82) is 0 Å². The lowest BCUT2D eigenvalue weighted by Gasteiger charge is -2.28. The molecule has 0 aromatic heterocycles. The monoisotopic (exact) mass is 764 g/mol. The van der Waals surface area contributed by atoms with Crippen LogP contribution in [0.1, 0.15) is 22.3 Å². The first-order valence-corrected chi connectivity index (χ1v) is 19.8. The summed E-state index contributed by atoms with van der Waals surface area (Å²) >= 11 is 0. The summed E-state index contributed by atoms with van der Waals surface area (Å²) in [7, 11) is 2.67. The highest BCUT2D eigenvalue weighted by atomic mass is 16.5. The second-order valence-electron chi connectivity index (χ2n) is 14.8. The van der Waals surface area contributed by atoms with Crippen molar-refractivity contribution in [2.24, 2.45) is 5.41 Å². The van der Waals surface area contributed by atoms with Gasteiger partial charge in [-0.3, -0.25) is 9.59 Å². The predicted molar refractivity (Wildman–Crippen MR) is 237 cm³/mol. The van der Waals surface area contributed by atoms with Crippen LogP contribution in [0, 0.1) is 17.3 Å². The van der Waals surface area contributed by atoms with E-state index >= 15 is 0 Å². The molecule has 0 atom stereocenters. The number of esters is 2. The summed E-state index contributed by atoms with van der Waals surface area (Å²) < 4.78 is 11.0. The van der Waals surface area contributed by atoms with Gasteiger partial charge in [0.25, 0.3) is 0 Å². The van der Waals surface area contributed by atoms with E-state index in [1.807, 2.05) is 72.8 Å². The molecule has 59 heavy (non-hydrogen) atoms. The van der Waals surface area contributed by atoms with Gasteiger partial charge in [-0.25, -0.2) is 0 Å². The minimum atomic E-state index is -1.64. The molecule has 0 N–H and O–H groups in total. The summed E-state index contributed by atoms with van der Waals surface area (Å²) in [6, 6.07) is 62.4. The Labute approximate surface area is 344 Å². The molecule has 1 aliphatic carbocycles. The molecular formula is C55H40O4. The van der Waals surface area contributed by atoms with E-state index in [-0.39, 0.29) is 12.8 Å². The van der Waals surface area contributed by atoms with Gasteiger partial charge in [0, 0.05) is 34.9 Å². The second kappa shape index (κ2) is 15.8. The number of rotatable bonds is 7. The van der Waals surface area contributed by atoms with Gasteiger partial charge in [-0.15, -0.1) is 0 Å². The molecule has 8 aromatic carbocycles. The fourth-order valence-electron chi connectivity index (χ4n) is 8.96. The lowest BCUT2D eigenvalue weighted by molar-refractivity contribution is -0.168. The summed E-state index contributed by atoms with van der Waals surface area (Å²) in [4.78, 5) is 28.4. The summed E-state index contributed by atoms with van der Waals surface area (Å²) in [5, 5.41) is 1.95. The van der Waals surface area contributed by atoms with Gasteiger partial charge < -0.3 is 9.47 Å². The van der Waals surface area contributed by atoms with Crippen molar-refractivity contribution in [2.45, 2.75) is 12.8 Å². The average molecular weight is 765 g/mol. The normalized spacial score (nSPS) is 12.6. The molecular weight excluding hydrogens is 725 g/mol. The molecule has 0 heterocycles. The molecule has 284 valence electrons. The summed E-state index contributed by atoms with van der Waals surface area (Å²) in [5.74, 6) is 5.88. The van der Waals surface area contributed by atoms with Crippen LogP contribution in [0.4, 0.5) is 0 Å². The topological polar surface area (TPSA) is 52.6 Å². The van der Waals surface area contributed by atoms with Crippen LogP contribution >= 0.6 is 0 Å². The van der Waals surface area contributed by atoms with E-state index in [0.717, 1.165) is 88.7 Å². The van der Waals surface area contributed by atoms with Crippen molar-refractivity contribution in [1.82, 2.24) is 0 Å². The molecule has 0 bridgehead atoms. The minimum absolute atomic E-state index is 0.0618. The zero-order valence-electron chi connectivity index (χ0n) is 32.9. The number of carbonyl (C=O) groups is 2. The van der Waals surface area contributed by atoms with Gasteiger partial charge in [0.05, 0.1) is 14.2 Å². The number of hydrogen-bond acceptors (Lipinski definition) is 4. The quantitative estimate of drug-likeness (QED) is 0.0921. The zero-order chi connectivity index (χ0) is 40.3. The maximum absolute atomic E-state index is 14.2. The lowest BCUT2D eigenvalue weighted by Crippen LogP contribution is -2.42. The Morgan fingerprint density at radius 2 is 0.746 bits per heavy atom. The Hall–Kier alpha value is -7.48. The first-order chi connectivity index (χ1) is 29.0. The van der Waals surface area contributed by atoms with E-state index in [2.05, 4.69) is 121 Å². The lowest BCUT2D eigenvalue weighted by atomic mass is 9.74. The average Bonchev–Trinajstić information content (AvgIpc) is 3.73. The second-order valence-corrected chi connectivity index (χ2v) is 14.8. The first kappa shape index (κ1) is 37.1. The third-order valence-electron chi connectivity index (χ3n) is 11.5. The maximum atomic E-state index is 14.2. The largest absolute Gasteiger partial charge is 0.468 e. The Balaban J connectivity index is 1.63. The molecule has 0 saturated heterocycles. The molecule has 0 amide bonds. The first-order valence-electron chi connectivity index (χ1n) is 19.8. The van der Waals surface area contributed by atoms with Crippen molar-refractivity contribution in [3.05, 3.63) is 204 Å². The molecule has 9 rings (SSSR count). The smallest absolute Gasteiger partial charge is 0.323 e. The summed E-state index contributed by atoms with van der Waals surface area (Å²) in [6.07, 6.45) is 0.131. The molecule has 4 heteroatoms. The zero-order valence-corrected chi connectivity index (χ0v) is 32.9. The van der Waals surface area contributed by atoms with Gasteiger partial charge in [-0.1, -0.05) is 182 Å². The van der Waals surface area contributed by atoms with E-state index in [1.54, 1.807) is 0 Å². The molecule has 0 unspecified atom stereocenters. The Morgan fingerprint density at radius 1 is 0.407 bits per heavy atom. The van der Waals surface area contributed by atoms with Crippen LogP contribution in [-0.2, 0) is 31.9 Å². The minimum Gasteiger partial charge on any atom is -0.468 e. The van der Waals surface area contributed by atoms with Gasteiger partial charge in [0.1, 0.15) is 0 Å². The van der Waals surface area contributed by atoms with Crippen LogP contribution in [0.25, 0.3) is 66.4 Å². The van der Waals surface area contributed by atoms with Crippen molar-refractivity contribution in [3.63, 3.8) is 0 Å². The van der Waals surface area contributed by atoms with E-state index in [9.17, 15) is 9.59 Å². The molecule has 0 fully saturated rings. The van der Waals surface area contributed by atoms with Crippen LogP contribution in [0.5, 0.6) is 0 Å². The van der Waals surface area contributed by atoms with Gasteiger partial charge in [0.15, 0.2) is 5.41 Å². The molecule has 0 spiro atoms. The molecule has 0 aliphatic heterocycles. The number of fused-ring (bicyclic) bond motifs is 3. The van der Waals surface area contributed by atoms with Crippen molar-refractivity contribution in [2.75, 3.05) is 14.2 Å². The van der Waals surface area contributed by atoms with Crippen molar-refractivity contribution >= 4 is 22.7 Å². The van der Waals surface area contributed by atoms with Gasteiger partial charge in [-0.2, -0.15) is 0 Å². The number of hydrogen-bond donors (Lipinski definition) is 0. The van der Waals surface area contributed by atoms with Crippen LogP contribution < -0.4 is 0 Å². The van der Waals surface area contributed by atoms with Gasteiger partial charge >= 0.3 is 11.9 Å². The molecule has 0 saturated carbocycles. The number of benzene rings is 8. The highest BCUT2D eigenvalue weighted by Crippen LogP contribution is 2.57. The van der Waals surface area contributed by atoms with E-state index in [0.29, 0.717) is 0 Å². The number of methoxy groups -OCH3 is 2. The molecule has 0 radical (unpaired) electrons. The van der Waals surface area contributed by atoms with Crippen LogP contribution in [-0.4, -0.2) is 26.2 Å². The Morgan fingerprint density at radius 3 is 1.15 bits per heavy atom. The molecule has 8 aromatic rings. The van der Waals surface area contributed by atoms with Crippen LogP contribution in [0.15, 0.2) is 182 Å². The SMILES string of the molecule is COC(=O)C1(C(=O)OC)Cc2c(C#Cc3ccccc3)c(-c3ccccc3)c3c(-c4ccccc4)c(-c4ccccc4)c(-c4ccccc4)c(-c4ccccc4)c3c2C1. The van der Waals surface area contributed by atoms with E-state index in [1.165, 1.54) is 14.2 Å². The standard InChI is InChI=1S/C55H40O4/c1-58-53(56)55(54(57)59-2)35-44-43(34-33-37-21-9-3-10-22-37)46(38-23-11-4-12-24-38)52-50(42-31-19-8-20-32-42)48(40-27-15-6-16-28-40)47(39-25-13-5-14-26-39)49(51(52)45(44)36-55)41-29-17-7-18-30-41/h3-32H,35-36H2,1-2H3. The van der Waals surface area contributed by atoms with Gasteiger partial charge in [0.2, 0.25) is 0 Å². The molecule has 4 nitrogen and oxygen atoms in total. The summed E-state index contributed by atoms with van der Waals surface area (Å²) in [6.45, 7) is 0. The molecule has 1 aliphatic rings. The number of carbonyl (C=O) groups excluding carboxylic acids is 2. The van der Waals surface area contributed by atoms with E-state index < -0.39 is 17.4 Å². The van der Waals surface area contributed by atoms with Crippen LogP contribution in [0.2, 0.25) is 0 Å². The third kappa shape index (κ3) is 6.48. The highest BCUT2D eigenvalue weighted by Gasteiger charge is 2.54. The Kier molecular flexibility index (Phi) is 9.95. The maximum Gasteiger partial charge on any atom is 0.323 e. The highest BCUT2D eigenvalue weighted by molar-refractivity contribution is 6.24. The predicted octanol–water partition coefficient (Wildman–Crippen LogP) is 12.0. The van der Waals surface area contributed by atoms with E-state index in [4.69, 9.17) is 9.47 Å². The van der Waals surface area contributed by atoms with Gasteiger partial charge in [-0.05, 0) is 78.7 Å². The number of ether oxygens (including phenoxy) is 2. The third-order valence-corrected chi connectivity index (χ3v) is 11.5. The summed E-state index contributed by atoms with van der Waals surface area (Å²) in [5.41, 5.74) is 11.9. The Bertz CT molecular complexity index is 2880.